The van der Waals surface area contributed by atoms with Gasteiger partial charge in [-0.05, 0) is 18.2 Å². The van der Waals surface area contributed by atoms with Crippen molar-refractivity contribution in [3.05, 3.63) is 79.8 Å². The van der Waals surface area contributed by atoms with Crippen molar-refractivity contribution in [3.63, 3.8) is 0 Å². The molecule has 0 amide bonds. The molecule has 2 aromatic heterocycles. The van der Waals surface area contributed by atoms with Crippen molar-refractivity contribution in [1.82, 2.24) is 14.2 Å². The summed E-state index contributed by atoms with van der Waals surface area (Å²) in [6.45, 7) is 0.138. The predicted molar refractivity (Wildman–Crippen MR) is 99.4 cm³/mol. The highest BCUT2D eigenvalue weighted by Gasteiger charge is 2.35. The van der Waals surface area contributed by atoms with Crippen LogP contribution in [-0.4, -0.2) is 14.2 Å². The molecular weight excluding hydrogens is 415 g/mol. The lowest BCUT2D eigenvalue weighted by molar-refractivity contribution is -0.143. The maximum absolute atomic E-state index is 12.9. The van der Waals surface area contributed by atoms with Gasteiger partial charge >= 0.3 is 11.9 Å². The van der Waals surface area contributed by atoms with Crippen LogP contribution in [0.4, 0.5) is 18.9 Å². The summed E-state index contributed by atoms with van der Waals surface area (Å²) in [5, 5.41) is 0.329. The molecule has 8 nitrogen and oxygen atoms in total. The van der Waals surface area contributed by atoms with Gasteiger partial charge in [0.15, 0.2) is 5.69 Å². The number of rotatable bonds is 4. The smallest absolute Gasteiger partial charge is 0.433 e. The first-order valence-electron chi connectivity index (χ1n) is 7.92. The molecular formula is C17H13ClF3N5O3. The van der Waals surface area contributed by atoms with E-state index >= 15 is 0 Å². The van der Waals surface area contributed by atoms with Crippen molar-refractivity contribution in [1.29, 1.82) is 0 Å². The minimum Gasteiger partial charge on any atom is -0.489 e. The van der Waals surface area contributed by atoms with Crippen molar-refractivity contribution in [2.45, 2.75) is 12.8 Å². The van der Waals surface area contributed by atoms with Crippen LogP contribution in [0.25, 0.3) is 5.69 Å². The van der Waals surface area contributed by atoms with Gasteiger partial charge in [0.25, 0.3) is 5.56 Å². The zero-order valence-corrected chi connectivity index (χ0v) is 15.2. The third-order valence-electron chi connectivity index (χ3n) is 3.86. The summed E-state index contributed by atoms with van der Waals surface area (Å²) in [7, 11) is 0. The fourth-order valence-corrected chi connectivity index (χ4v) is 2.59. The molecule has 0 aliphatic rings. The summed E-state index contributed by atoms with van der Waals surface area (Å²) in [4.78, 5) is 28.3. The van der Waals surface area contributed by atoms with E-state index in [1.165, 1.54) is 24.4 Å². The number of hydrogen-bond acceptors (Lipinski definition) is 6. The van der Waals surface area contributed by atoms with Gasteiger partial charge in [0, 0.05) is 23.9 Å². The number of anilines is 1. The Morgan fingerprint density at radius 2 is 1.86 bits per heavy atom. The second kappa shape index (κ2) is 7.51. The number of benzene rings is 1. The Labute approximate surface area is 165 Å². The molecule has 3 rings (SSSR count). The van der Waals surface area contributed by atoms with E-state index in [4.69, 9.17) is 27.9 Å². The minimum atomic E-state index is -4.97. The van der Waals surface area contributed by atoms with E-state index in [1.54, 1.807) is 12.1 Å². The molecule has 12 heteroatoms. The molecule has 0 atom stereocenters. The molecule has 2 heterocycles. The molecule has 0 spiro atoms. The topological polar surface area (TPSA) is 118 Å². The Bertz CT molecular complexity index is 1170. The zero-order valence-electron chi connectivity index (χ0n) is 14.5. The van der Waals surface area contributed by atoms with Crippen molar-refractivity contribution >= 4 is 17.3 Å². The maximum atomic E-state index is 12.9. The summed E-state index contributed by atoms with van der Waals surface area (Å²) in [6, 6.07) is 7.51. The van der Waals surface area contributed by atoms with E-state index in [0.29, 0.717) is 15.5 Å². The first-order chi connectivity index (χ1) is 13.6. The number of ether oxygens (including phenoxy) is 1. The van der Waals surface area contributed by atoms with Crippen LogP contribution in [-0.2, 0) is 12.8 Å². The first kappa shape index (κ1) is 20.3. The minimum absolute atomic E-state index is 0.0734. The summed E-state index contributed by atoms with van der Waals surface area (Å²) >= 11 is 5.70. The Kier molecular flexibility index (Phi) is 5.25. The summed E-state index contributed by atoms with van der Waals surface area (Å²) in [6.07, 6.45) is -3.45. The van der Waals surface area contributed by atoms with Crippen molar-refractivity contribution in [2.75, 3.05) is 11.6 Å². The van der Waals surface area contributed by atoms with E-state index in [9.17, 15) is 22.8 Å². The van der Waals surface area contributed by atoms with Gasteiger partial charge in [-0.1, -0.05) is 17.7 Å². The second-order valence-electron chi connectivity index (χ2n) is 5.85. The van der Waals surface area contributed by atoms with E-state index in [1.807, 2.05) is 0 Å². The number of nitrogen functional groups attached to an aromatic ring is 2. The van der Waals surface area contributed by atoms with Gasteiger partial charge in [-0.25, -0.2) is 19.0 Å². The monoisotopic (exact) mass is 427 g/mol. The third kappa shape index (κ3) is 4.19. The van der Waals surface area contributed by atoms with Gasteiger partial charge in [0.2, 0.25) is 0 Å². The van der Waals surface area contributed by atoms with Crippen molar-refractivity contribution < 1.29 is 17.9 Å². The molecule has 1 aromatic carbocycles. The molecule has 0 aliphatic heterocycles. The van der Waals surface area contributed by atoms with Gasteiger partial charge in [-0.2, -0.15) is 13.2 Å². The lowest BCUT2D eigenvalue weighted by atomic mass is 10.2. The summed E-state index contributed by atoms with van der Waals surface area (Å²) in [5.74, 6) is 5.52. The quantitative estimate of drug-likeness (QED) is 0.373. The number of nitrogens with zero attached hydrogens (tertiary/aromatic N) is 3. The highest BCUT2D eigenvalue weighted by molar-refractivity contribution is 6.29. The molecule has 4 N–H and O–H groups in total. The van der Waals surface area contributed by atoms with Gasteiger partial charge in [-0.3, -0.25) is 4.79 Å². The number of nitrogens with two attached hydrogens (primary N) is 2. The first-order valence-corrected chi connectivity index (χ1v) is 8.30. The van der Waals surface area contributed by atoms with Crippen LogP contribution in [0.3, 0.4) is 0 Å². The number of halogens is 4. The summed E-state index contributed by atoms with van der Waals surface area (Å²) < 4.78 is 44.5. The molecule has 0 saturated heterocycles. The average Bonchev–Trinajstić information content (AvgIpc) is 2.65. The largest absolute Gasteiger partial charge is 0.489 e. The van der Waals surface area contributed by atoms with Gasteiger partial charge in [0.1, 0.15) is 17.5 Å². The molecule has 152 valence electrons. The molecule has 0 radical (unpaired) electrons. The Balaban J connectivity index is 1.93. The average molecular weight is 428 g/mol. The molecule has 0 bridgehead atoms. The van der Waals surface area contributed by atoms with E-state index < -0.39 is 23.1 Å². The fraction of sp³-hybridized carbons (Fsp3) is 0.118. The highest BCUT2D eigenvalue weighted by Crippen LogP contribution is 2.27. The predicted octanol–water partition coefficient (Wildman–Crippen LogP) is 1.94. The van der Waals surface area contributed by atoms with Crippen LogP contribution in [0.2, 0.25) is 5.15 Å². The Morgan fingerprint density at radius 3 is 2.45 bits per heavy atom. The standard InChI is InChI=1S/C17H13ClF3N5O3/c18-14-4-1-9(7-24-14)8-29-10-2-3-12(11(22)5-10)25-15(27)6-13(17(19,20)21)26(23)16(25)28/h1-7H,8,22-23H2. The highest BCUT2D eigenvalue weighted by atomic mass is 35.5. The van der Waals surface area contributed by atoms with E-state index in [0.717, 1.165) is 5.56 Å². The lowest BCUT2D eigenvalue weighted by Crippen LogP contribution is -2.45. The molecule has 0 saturated carbocycles. The fourth-order valence-electron chi connectivity index (χ4n) is 2.48. The van der Waals surface area contributed by atoms with Gasteiger partial charge in [-0.15, -0.1) is 0 Å². The molecule has 3 aromatic rings. The molecule has 29 heavy (non-hydrogen) atoms. The lowest BCUT2D eigenvalue weighted by Gasteiger charge is -2.15. The van der Waals surface area contributed by atoms with Gasteiger partial charge < -0.3 is 16.3 Å². The van der Waals surface area contributed by atoms with Crippen LogP contribution in [0, 0.1) is 0 Å². The van der Waals surface area contributed by atoms with Crippen molar-refractivity contribution in [2.24, 2.45) is 0 Å². The SMILES string of the molecule is Nc1cc(OCc2ccc(Cl)nc2)ccc1-n1c(=O)cc(C(F)(F)F)n(N)c1=O. The van der Waals surface area contributed by atoms with Crippen molar-refractivity contribution in [3.8, 4) is 11.4 Å². The Morgan fingerprint density at radius 1 is 1.14 bits per heavy atom. The third-order valence-corrected chi connectivity index (χ3v) is 4.09. The maximum Gasteiger partial charge on any atom is 0.433 e. The van der Waals surface area contributed by atoms with E-state index in [-0.39, 0.29) is 28.7 Å². The second-order valence-corrected chi connectivity index (χ2v) is 6.24. The number of aromatic nitrogens is 3. The molecule has 0 aliphatic carbocycles. The zero-order chi connectivity index (χ0) is 21.3. The van der Waals surface area contributed by atoms with Crippen LogP contribution < -0.4 is 27.6 Å². The van der Waals surface area contributed by atoms with Crippen LogP contribution >= 0.6 is 11.6 Å². The van der Waals surface area contributed by atoms with Gasteiger partial charge in [0.05, 0.1) is 11.4 Å². The van der Waals surface area contributed by atoms with Crippen LogP contribution in [0.15, 0.2) is 52.2 Å². The van der Waals surface area contributed by atoms with Crippen LogP contribution in [0.1, 0.15) is 11.3 Å². The van der Waals surface area contributed by atoms with E-state index in [2.05, 4.69) is 4.98 Å². The van der Waals surface area contributed by atoms with Crippen LogP contribution in [0.5, 0.6) is 5.75 Å². The number of hydrogen-bond donors (Lipinski definition) is 2. The number of alkyl halides is 3. The Hall–Kier alpha value is -3.47. The normalized spacial score (nSPS) is 11.4. The molecule has 0 unspecified atom stereocenters. The molecule has 0 fully saturated rings. The summed E-state index contributed by atoms with van der Waals surface area (Å²) in [5.41, 5.74) is 2.21. The number of pyridine rings is 1.